The van der Waals surface area contributed by atoms with Crippen molar-refractivity contribution >= 4 is 23.5 Å². The number of benzene rings is 3. The second-order valence-corrected chi connectivity index (χ2v) is 27.7. The monoisotopic (exact) mass is 1490 g/mol. The van der Waals surface area contributed by atoms with Crippen LogP contribution in [0, 0.1) is 48.5 Å². The molecule has 1 spiro atoms. The van der Waals surface area contributed by atoms with Crippen molar-refractivity contribution in [3.63, 3.8) is 0 Å². The lowest BCUT2D eigenvalue weighted by molar-refractivity contribution is -0.132. The number of nitrogens with one attached hydrogen (secondary N) is 3. The Morgan fingerprint density at radius 2 is 1.07 bits per heavy atom. The van der Waals surface area contributed by atoms with E-state index >= 15 is 0 Å². The van der Waals surface area contributed by atoms with Crippen LogP contribution in [0.4, 0.5) is 11.6 Å². The number of hydrogen-bond acceptors (Lipinski definition) is 28. The Balaban J connectivity index is 0.000000162. The number of aliphatic hydroxyl groups is 3. The van der Waals surface area contributed by atoms with Crippen LogP contribution in [0.2, 0.25) is 0 Å². The number of nitrogens with zero attached hydrogens (tertiary/aromatic N) is 15. The highest BCUT2D eigenvalue weighted by molar-refractivity contribution is 5.78. The van der Waals surface area contributed by atoms with Gasteiger partial charge in [-0.25, -0.2) is 39.9 Å². The molecule has 1 saturated carbocycles. The van der Waals surface area contributed by atoms with Crippen LogP contribution in [-0.4, -0.2) is 230 Å². The van der Waals surface area contributed by atoms with Gasteiger partial charge >= 0.3 is 6.01 Å². The Morgan fingerprint density at radius 3 is 1.52 bits per heavy atom. The molecule has 2 aliphatic heterocycles. The number of rotatable bonds is 27. The van der Waals surface area contributed by atoms with Gasteiger partial charge in [0.05, 0.1) is 69.5 Å². The maximum Gasteiger partial charge on any atom is 0.316 e. The van der Waals surface area contributed by atoms with Gasteiger partial charge in [0, 0.05) is 126 Å². The first-order valence-electron chi connectivity index (χ1n) is 36.4. The molecule has 2 saturated heterocycles. The van der Waals surface area contributed by atoms with Gasteiger partial charge in [0.1, 0.15) is 84.3 Å². The number of aromatic nitrogens is 11. The summed E-state index contributed by atoms with van der Waals surface area (Å²) in [7, 11) is 8.73. The fourth-order valence-electron chi connectivity index (χ4n) is 13.5. The highest BCUT2D eigenvalue weighted by atomic mass is 16.5. The van der Waals surface area contributed by atoms with Crippen molar-refractivity contribution in [3.05, 3.63) is 149 Å². The summed E-state index contributed by atoms with van der Waals surface area (Å²) in [5, 5.41) is 51.1. The van der Waals surface area contributed by atoms with Crippen molar-refractivity contribution in [3.8, 4) is 91.2 Å². The van der Waals surface area contributed by atoms with Crippen LogP contribution in [0.5, 0.6) is 23.3 Å². The average molecular weight is 1490 g/mol. The van der Waals surface area contributed by atoms with Gasteiger partial charge in [0.2, 0.25) is 11.8 Å². The van der Waals surface area contributed by atoms with Crippen LogP contribution in [0.25, 0.3) is 67.9 Å². The van der Waals surface area contributed by atoms with E-state index in [1.54, 1.807) is 52.3 Å². The molecule has 1 aliphatic carbocycles. The zero-order valence-corrected chi connectivity index (χ0v) is 64.4. The van der Waals surface area contributed by atoms with Crippen molar-refractivity contribution in [2.75, 3.05) is 117 Å². The first kappa shape index (κ1) is 79.2. The standard InChI is InChI=1S/C27H34N6O4.C27H36N6O4.C25H28N6O4/c1-17-25(18(2)37-31-17)23-13-24(32-10-11-33(19(3)34)27(16-32)8-9-27)30-26(29-23)20-6-5-7-22(12-20)36-15-21(35)14-28-4;1-16-25(24-17(2)31-37-18(24)3)29-26(20-8-7-9-23(12-20)36-15-22(35)13-28-5)30-27(16)33-11-10-21(14-33)32(6)19(4)34;1-15-23(16(2)35-31-15)22-10-19(8-17-11-27-25(33-4)28-12-17)29-24(30-22)18-6-5-7-21(9-18)34-14-20(32)13-26-3/h5-7,12-13,21,28,35H,8-11,14-16H2,1-4H3;7-9,12,21-22,28,35H,10-11,13-15H2,1-6H3;5-7,9-12,20,26,32H,8,13-14H2,1-4H3/t;21-,22?;/m.0./s1. The molecule has 0 bridgehead atoms. The summed E-state index contributed by atoms with van der Waals surface area (Å²) in [5.41, 5.74) is 12.0. The summed E-state index contributed by atoms with van der Waals surface area (Å²) < 4.78 is 38.8. The van der Waals surface area contributed by atoms with Crippen molar-refractivity contribution in [1.82, 2.24) is 81.1 Å². The fraction of sp³-hybridized carbons (Fsp3) is 0.430. The third-order valence-corrected chi connectivity index (χ3v) is 19.3. The van der Waals surface area contributed by atoms with Crippen LogP contribution >= 0.6 is 0 Å². The summed E-state index contributed by atoms with van der Waals surface area (Å²) in [5.74, 6) is 7.44. The molecule has 4 atom stereocenters. The number of likely N-dealkylation sites (N-methyl/N-ethyl adjacent to an activating group) is 4. The molecule has 7 aromatic heterocycles. The van der Waals surface area contributed by atoms with E-state index in [9.17, 15) is 24.9 Å². The molecule has 576 valence electrons. The quantitative estimate of drug-likeness (QED) is 0.0283. The number of carbonyl (C=O) groups excluding carboxylic acids is 2. The molecular weight excluding hydrogens is 1390 g/mol. The van der Waals surface area contributed by atoms with Crippen LogP contribution in [-0.2, 0) is 16.0 Å². The third kappa shape index (κ3) is 19.5. The molecule has 30 nitrogen and oxygen atoms in total. The summed E-state index contributed by atoms with van der Waals surface area (Å²) in [6, 6.07) is 27.0. The van der Waals surface area contributed by atoms with Crippen LogP contribution < -0.4 is 44.7 Å². The number of piperazine rings is 1. The van der Waals surface area contributed by atoms with Gasteiger partial charge in [-0.05, 0) is 137 Å². The Labute approximate surface area is 634 Å². The fourth-order valence-corrected chi connectivity index (χ4v) is 13.5. The average Bonchev–Trinajstić information content (AvgIpc) is 1.61. The first-order valence-corrected chi connectivity index (χ1v) is 36.4. The predicted octanol–water partition coefficient (Wildman–Crippen LogP) is 8.08. The Morgan fingerprint density at radius 1 is 0.596 bits per heavy atom. The summed E-state index contributed by atoms with van der Waals surface area (Å²) in [6.07, 6.45) is 4.99. The van der Waals surface area contributed by atoms with Crippen LogP contribution in [0.3, 0.4) is 0 Å². The zero-order chi connectivity index (χ0) is 77.6. The van der Waals surface area contributed by atoms with Crippen molar-refractivity contribution in [1.29, 1.82) is 0 Å². The van der Waals surface area contributed by atoms with Gasteiger partial charge in [-0.15, -0.1) is 0 Å². The van der Waals surface area contributed by atoms with E-state index in [1.807, 2.05) is 145 Å². The molecule has 3 aromatic carbocycles. The molecule has 10 aromatic rings. The molecule has 0 radical (unpaired) electrons. The molecule has 3 aliphatic rings. The molecule has 3 unspecified atom stereocenters. The maximum absolute atomic E-state index is 12.2. The minimum Gasteiger partial charge on any atom is -0.491 e. The normalized spacial score (nSPS) is 15.2. The topological polar surface area (TPSA) is 362 Å². The van der Waals surface area contributed by atoms with E-state index < -0.39 is 18.3 Å². The Bertz CT molecular complexity index is 4700. The minimum absolute atomic E-state index is 0.0556. The summed E-state index contributed by atoms with van der Waals surface area (Å²) >= 11 is 0. The number of anilines is 2. The van der Waals surface area contributed by atoms with Crippen LogP contribution in [0.15, 0.2) is 111 Å². The highest BCUT2D eigenvalue weighted by Crippen LogP contribution is 2.46. The Hall–Kier alpha value is -10.9. The number of ether oxygens (including phenoxy) is 4. The molecule has 6 N–H and O–H groups in total. The zero-order valence-electron chi connectivity index (χ0n) is 64.4. The van der Waals surface area contributed by atoms with E-state index in [0.29, 0.717) is 109 Å². The number of aliphatic hydroxyl groups excluding tert-OH is 3. The van der Waals surface area contributed by atoms with E-state index in [-0.39, 0.29) is 43.2 Å². The molecule has 3 fully saturated rings. The lowest BCUT2D eigenvalue weighted by Crippen LogP contribution is -2.56. The number of hydrogen-bond donors (Lipinski definition) is 6. The predicted molar refractivity (Wildman–Crippen MR) is 410 cm³/mol. The largest absolute Gasteiger partial charge is 0.491 e. The van der Waals surface area contributed by atoms with E-state index in [0.717, 1.165) is 123 Å². The highest BCUT2D eigenvalue weighted by Gasteiger charge is 2.53. The number of carbonyl (C=O) groups is 2. The molecular formula is C79H98N18O12. The Kier molecular flexibility index (Phi) is 26.1. The molecule has 9 heterocycles. The van der Waals surface area contributed by atoms with Gasteiger partial charge in [-0.1, -0.05) is 51.9 Å². The molecule has 30 heteroatoms. The number of aryl methyl sites for hydroxylation is 6. The van der Waals surface area contributed by atoms with Crippen LogP contribution in [0.1, 0.15) is 84.3 Å². The van der Waals surface area contributed by atoms with Gasteiger partial charge in [0.25, 0.3) is 0 Å². The molecule has 109 heavy (non-hydrogen) atoms. The second kappa shape index (κ2) is 35.9. The number of methoxy groups -OCH3 is 1. The number of amides is 2. The van der Waals surface area contributed by atoms with Gasteiger partial charge in [0.15, 0.2) is 17.5 Å². The second-order valence-electron chi connectivity index (χ2n) is 27.7. The van der Waals surface area contributed by atoms with Gasteiger partial charge in [-0.2, -0.15) is 0 Å². The lowest BCUT2D eigenvalue weighted by Gasteiger charge is -2.42. The van der Waals surface area contributed by atoms with Gasteiger partial charge < -0.3 is 83.4 Å². The van der Waals surface area contributed by atoms with E-state index in [1.165, 1.54) is 7.11 Å². The molecule has 2 amide bonds. The summed E-state index contributed by atoms with van der Waals surface area (Å²) in [6.45, 7) is 22.1. The van der Waals surface area contributed by atoms with Crippen molar-refractivity contribution in [2.24, 2.45) is 0 Å². The SMILES string of the molecule is CNCC(O)COc1cccc(-c2nc(-c3c(C)noc3C)c(C)c(N3CC[C@H](N(C)C(C)=O)C3)n2)c1.CNCC(O)COc1cccc(-c2nc(-c3c(C)noc3C)cc(N3CCN(C(C)=O)C4(CC4)C3)n2)c1.CNCC(O)COc1cccc(-c2nc(Cc3cnc(OC)nc3)cc(-c3c(C)noc3C)n2)c1. The van der Waals surface area contributed by atoms with Crippen molar-refractivity contribution in [2.45, 2.75) is 118 Å². The smallest absolute Gasteiger partial charge is 0.316 e. The minimum atomic E-state index is -0.613. The maximum atomic E-state index is 12.2. The van der Waals surface area contributed by atoms with Crippen molar-refractivity contribution < 1.29 is 57.4 Å². The van der Waals surface area contributed by atoms with E-state index in [2.05, 4.69) is 51.2 Å². The lowest BCUT2D eigenvalue weighted by atomic mass is 10.0. The molecule has 13 rings (SSSR count). The summed E-state index contributed by atoms with van der Waals surface area (Å²) in [4.78, 5) is 70.4. The van der Waals surface area contributed by atoms with E-state index in [4.69, 9.17) is 62.4 Å². The van der Waals surface area contributed by atoms with Gasteiger partial charge in [-0.3, -0.25) is 9.59 Å². The first-order chi connectivity index (χ1) is 52.4. The third-order valence-electron chi connectivity index (χ3n) is 19.3.